The number of nitrogen functional groups attached to an aromatic ring is 1. The van der Waals surface area contributed by atoms with Gasteiger partial charge in [0.2, 0.25) is 0 Å². The lowest BCUT2D eigenvalue weighted by atomic mass is 10.2. The fourth-order valence-corrected chi connectivity index (χ4v) is 1.54. The van der Waals surface area contributed by atoms with E-state index in [2.05, 4.69) is 10.3 Å². The minimum absolute atomic E-state index is 0.0434. The molecule has 98 valence electrons. The summed E-state index contributed by atoms with van der Waals surface area (Å²) in [5, 5.41) is 2.20. The minimum atomic E-state index is -0.872. The molecule has 3 N–H and O–H groups in total. The number of halogens is 3. The SMILES string of the molecule is Nc1ncc(C(=O)Nc2c(F)cccc2F)cc1Cl. The van der Waals surface area contributed by atoms with E-state index in [4.69, 9.17) is 17.3 Å². The Balaban J connectivity index is 2.28. The molecule has 0 unspecified atom stereocenters. The molecule has 2 rings (SSSR count). The molecule has 0 fully saturated rings. The standard InChI is InChI=1S/C12H8ClF2N3O/c13-7-4-6(5-17-11(7)16)12(19)18-10-8(14)2-1-3-9(10)15/h1-5H,(H2,16,17)(H,18,19). The van der Waals surface area contributed by atoms with E-state index in [1.54, 1.807) is 0 Å². The molecule has 4 nitrogen and oxygen atoms in total. The minimum Gasteiger partial charge on any atom is -0.382 e. The number of nitrogens with zero attached hydrogens (tertiary/aromatic N) is 1. The number of carbonyl (C=O) groups excluding carboxylic acids is 1. The second-order valence-electron chi connectivity index (χ2n) is 3.64. The second-order valence-corrected chi connectivity index (χ2v) is 4.05. The van der Waals surface area contributed by atoms with Crippen molar-refractivity contribution in [2.45, 2.75) is 0 Å². The lowest BCUT2D eigenvalue weighted by molar-refractivity contribution is 0.102. The monoisotopic (exact) mass is 283 g/mol. The summed E-state index contributed by atoms with van der Waals surface area (Å²) in [4.78, 5) is 15.5. The van der Waals surface area contributed by atoms with E-state index in [0.29, 0.717) is 0 Å². The summed E-state index contributed by atoms with van der Waals surface area (Å²) in [5.74, 6) is -2.42. The molecule has 1 amide bonds. The van der Waals surface area contributed by atoms with E-state index in [9.17, 15) is 13.6 Å². The van der Waals surface area contributed by atoms with Gasteiger partial charge >= 0.3 is 0 Å². The van der Waals surface area contributed by atoms with Crippen LogP contribution in [0.25, 0.3) is 0 Å². The first kappa shape index (κ1) is 13.2. The van der Waals surface area contributed by atoms with E-state index >= 15 is 0 Å². The summed E-state index contributed by atoms with van der Waals surface area (Å²) in [5.41, 5.74) is 4.91. The lowest BCUT2D eigenvalue weighted by Crippen LogP contribution is -2.15. The van der Waals surface area contributed by atoms with Crippen LogP contribution < -0.4 is 11.1 Å². The number of benzene rings is 1. The molecule has 0 atom stereocenters. The van der Waals surface area contributed by atoms with Gasteiger partial charge in [-0.3, -0.25) is 4.79 Å². The van der Waals surface area contributed by atoms with Crippen LogP contribution in [0.15, 0.2) is 30.5 Å². The average Bonchev–Trinajstić information content (AvgIpc) is 2.37. The summed E-state index contributed by atoms with van der Waals surface area (Å²) < 4.78 is 26.7. The van der Waals surface area contributed by atoms with E-state index in [1.807, 2.05) is 0 Å². The second kappa shape index (κ2) is 5.19. The summed E-state index contributed by atoms with van der Waals surface area (Å²) in [6.07, 6.45) is 1.16. The van der Waals surface area contributed by atoms with E-state index < -0.39 is 23.2 Å². The molecule has 0 aliphatic rings. The zero-order valence-electron chi connectivity index (χ0n) is 9.45. The van der Waals surface area contributed by atoms with Gasteiger partial charge in [0.15, 0.2) is 0 Å². The van der Waals surface area contributed by atoms with Crippen LogP contribution in [0.5, 0.6) is 0 Å². The number of hydrogen-bond donors (Lipinski definition) is 2. The van der Waals surface area contributed by atoms with Crippen LogP contribution in [0.3, 0.4) is 0 Å². The van der Waals surface area contributed by atoms with Gasteiger partial charge in [0, 0.05) is 6.20 Å². The Morgan fingerprint density at radius 1 is 1.32 bits per heavy atom. The Labute approximate surface area is 112 Å². The molecular formula is C12H8ClF2N3O. The van der Waals surface area contributed by atoms with Gasteiger partial charge in [-0.05, 0) is 18.2 Å². The van der Waals surface area contributed by atoms with Crippen molar-refractivity contribution in [3.05, 3.63) is 52.7 Å². The summed E-state index contributed by atoms with van der Waals surface area (Å²) in [6, 6.07) is 4.53. The molecule has 1 heterocycles. The highest BCUT2D eigenvalue weighted by Crippen LogP contribution is 2.21. The average molecular weight is 284 g/mol. The van der Waals surface area contributed by atoms with Crippen LogP contribution in [0.2, 0.25) is 5.02 Å². The number of aromatic nitrogens is 1. The van der Waals surface area contributed by atoms with Gasteiger partial charge in [-0.2, -0.15) is 0 Å². The first-order valence-electron chi connectivity index (χ1n) is 5.15. The van der Waals surface area contributed by atoms with Crippen LogP contribution in [-0.2, 0) is 0 Å². The van der Waals surface area contributed by atoms with E-state index in [1.165, 1.54) is 12.1 Å². The molecule has 7 heteroatoms. The van der Waals surface area contributed by atoms with Crippen LogP contribution in [0.1, 0.15) is 10.4 Å². The Hall–Kier alpha value is -2.21. The zero-order chi connectivity index (χ0) is 14.0. The van der Waals surface area contributed by atoms with Crippen molar-refractivity contribution >= 4 is 29.0 Å². The molecule has 0 saturated carbocycles. The molecule has 1 aromatic carbocycles. The highest BCUT2D eigenvalue weighted by Gasteiger charge is 2.14. The summed E-state index contributed by atoms with van der Waals surface area (Å²) in [7, 11) is 0. The van der Waals surface area contributed by atoms with Crippen molar-refractivity contribution in [3.8, 4) is 0 Å². The highest BCUT2D eigenvalue weighted by molar-refractivity contribution is 6.33. The summed E-state index contributed by atoms with van der Waals surface area (Å²) in [6.45, 7) is 0. The van der Waals surface area contributed by atoms with Crippen molar-refractivity contribution in [3.63, 3.8) is 0 Å². The van der Waals surface area contributed by atoms with Crippen molar-refractivity contribution in [2.75, 3.05) is 11.1 Å². The van der Waals surface area contributed by atoms with Crippen LogP contribution >= 0.6 is 11.6 Å². The molecule has 1 aromatic heterocycles. The van der Waals surface area contributed by atoms with E-state index in [0.717, 1.165) is 18.3 Å². The maximum absolute atomic E-state index is 13.4. The van der Waals surface area contributed by atoms with Gasteiger partial charge in [-0.15, -0.1) is 0 Å². The third kappa shape index (κ3) is 2.79. The van der Waals surface area contributed by atoms with Gasteiger partial charge < -0.3 is 11.1 Å². The summed E-state index contributed by atoms with van der Waals surface area (Å²) >= 11 is 5.71. The number of nitrogens with two attached hydrogens (primary N) is 1. The van der Waals surface area contributed by atoms with Gasteiger partial charge in [0.05, 0.1) is 10.6 Å². The number of hydrogen-bond acceptors (Lipinski definition) is 3. The van der Waals surface area contributed by atoms with Crippen LogP contribution in [0, 0.1) is 11.6 Å². The zero-order valence-corrected chi connectivity index (χ0v) is 10.2. The maximum Gasteiger partial charge on any atom is 0.257 e. The number of pyridine rings is 1. The molecule has 2 aromatic rings. The molecule has 0 bridgehead atoms. The molecule has 19 heavy (non-hydrogen) atoms. The van der Waals surface area contributed by atoms with Gasteiger partial charge in [-0.1, -0.05) is 17.7 Å². The smallest absolute Gasteiger partial charge is 0.257 e. The Bertz CT molecular complexity index is 629. The van der Waals surface area contributed by atoms with Crippen molar-refractivity contribution in [2.24, 2.45) is 0 Å². The third-order valence-electron chi connectivity index (χ3n) is 2.33. The number of nitrogens with one attached hydrogen (secondary N) is 1. The lowest BCUT2D eigenvalue weighted by Gasteiger charge is -2.07. The molecular weight excluding hydrogens is 276 g/mol. The van der Waals surface area contributed by atoms with Gasteiger partial charge in [0.1, 0.15) is 23.1 Å². The van der Waals surface area contributed by atoms with Crippen LogP contribution in [0.4, 0.5) is 20.3 Å². The maximum atomic E-state index is 13.4. The largest absolute Gasteiger partial charge is 0.382 e. The fraction of sp³-hybridized carbons (Fsp3) is 0. The Morgan fingerprint density at radius 2 is 1.95 bits per heavy atom. The van der Waals surface area contributed by atoms with E-state index in [-0.39, 0.29) is 16.4 Å². The first-order valence-corrected chi connectivity index (χ1v) is 5.53. The third-order valence-corrected chi connectivity index (χ3v) is 2.64. The molecule has 0 spiro atoms. The number of rotatable bonds is 2. The molecule has 0 aliphatic heterocycles. The predicted octanol–water partition coefficient (Wildman–Crippen LogP) is 2.85. The number of amides is 1. The Kier molecular flexibility index (Phi) is 3.62. The number of para-hydroxylation sites is 1. The van der Waals surface area contributed by atoms with Crippen molar-refractivity contribution in [1.29, 1.82) is 0 Å². The molecule has 0 aliphatic carbocycles. The normalized spacial score (nSPS) is 10.3. The van der Waals surface area contributed by atoms with Crippen LogP contribution in [-0.4, -0.2) is 10.9 Å². The quantitative estimate of drug-likeness (QED) is 0.890. The van der Waals surface area contributed by atoms with Gasteiger partial charge in [-0.25, -0.2) is 13.8 Å². The molecule has 0 saturated heterocycles. The first-order chi connectivity index (χ1) is 8.99. The Morgan fingerprint density at radius 3 is 2.53 bits per heavy atom. The predicted molar refractivity (Wildman–Crippen MR) is 68.0 cm³/mol. The topological polar surface area (TPSA) is 68.0 Å². The van der Waals surface area contributed by atoms with Gasteiger partial charge in [0.25, 0.3) is 5.91 Å². The van der Waals surface area contributed by atoms with Crippen molar-refractivity contribution < 1.29 is 13.6 Å². The highest BCUT2D eigenvalue weighted by atomic mass is 35.5. The van der Waals surface area contributed by atoms with Crippen molar-refractivity contribution in [1.82, 2.24) is 4.98 Å². The number of anilines is 2. The number of carbonyl (C=O) groups is 1. The molecule has 0 radical (unpaired) electrons. The fourth-order valence-electron chi connectivity index (χ4n) is 1.38.